The summed E-state index contributed by atoms with van der Waals surface area (Å²) in [6.45, 7) is 2.21. The Kier molecular flexibility index (Phi) is 2.04. The van der Waals surface area contributed by atoms with Gasteiger partial charge in [0.05, 0.1) is 10.6 Å². The van der Waals surface area contributed by atoms with Crippen LogP contribution in [0.1, 0.15) is 12.8 Å². The van der Waals surface area contributed by atoms with Crippen molar-refractivity contribution in [2.75, 3.05) is 25.9 Å². The van der Waals surface area contributed by atoms with Crippen LogP contribution >= 0.6 is 11.8 Å². The lowest BCUT2D eigenvalue weighted by Crippen LogP contribution is -2.48. The Labute approximate surface area is 76.9 Å². The maximum absolute atomic E-state index is 11.1. The summed E-state index contributed by atoms with van der Waals surface area (Å²) in [6, 6.07) is 0. The van der Waals surface area contributed by atoms with Gasteiger partial charge in [-0.25, -0.2) is 0 Å². The number of thioether (sulfide) groups is 1. The number of likely N-dealkylation sites (tertiary alicyclic amines) is 1. The zero-order valence-electron chi connectivity index (χ0n) is 7.30. The lowest BCUT2D eigenvalue weighted by Gasteiger charge is -2.36. The molecule has 1 amide bonds. The van der Waals surface area contributed by atoms with Crippen LogP contribution in [0.5, 0.6) is 0 Å². The number of nitrogens with zero attached hydrogens (tertiary/aromatic N) is 1. The first kappa shape index (κ1) is 8.38. The predicted octanol–water partition coefficient (Wildman–Crippen LogP) is 0.271. The Hall–Kier alpha value is -0.220. The van der Waals surface area contributed by atoms with Gasteiger partial charge in [-0.3, -0.25) is 4.79 Å². The predicted molar refractivity (Wildman–Crippen MR) is 50.1 cm³/mol. The van der Waals surface area contributed by atoms with E-state index >= 15 is 0 Å². The number of rotatable bonds is 0. The molecule has 0 aromatic heterocycles. The van der Waals surface area contributed by atoms with Gasteiger partial charge in [-0.05, 0) is 19.9 Å². The molecule has 0 unspecified atom stereocenters. The fourth-order valence-corrected chi connectivity index (χ4v) is 2.92. The van der Waals surface area contributed by atoms with Gasteiger partial charge in [-0.1, -0.05) is 0 Å². The molecule has 0 aromatic carbocycles. The zero-order chi connectivity index (χ0) is 8.60. The minimum absolute atomic E-state index is 0.101. The molecule has 0 aliphatic carbocycles. The molecular formula is C8H14N2OS. The first-order chi connectivity index (χ1) is 5.70. The molecular weight excluding hydrogens is 172 g/mol. The van der Waals surface area contributed by atoms with Crippen LogP contribution in [0.15, 0.2) is 0 Å². The highest BCUT2D eigenvalue weighted by Gasteiger charge is 2.40. The van der Waals surface area contributed by atoms with Crippen molar-refractivity contribution in [3.8, 4) is 0 Å². The van der Waals surface area contributed by atoms with Gasteiger partial charge in [-0.15, -0.1) is 11.8 Å². The highest BCUT2D eigenvalue weighted by Crippen LogP contribution is 2.36. The van der Waals surface area contributed by atoms with Gasteiger partial charge in [0.2, 0.25) is 5.91 Å². The second kappa shape index (κ2) is 2.92. The van der Waals surface area contributed by atoms with E-state index in [-0.39, 0.29) is 10.8 Å². The van der Waals surface area contributed by atoms with Crippen molar-refractivity contribution in [2.24, 2.45) is 0 Å². The summed E-state index contributed by atoms with van der Waals surface area (Å²) < 4.78 is 0. The second-order valence-electron chi connectivity index (χ2n) is 3.63. The van der Waals surface area contributed by atoms with Crippen molar-refractivity contribution >= 4 is 17.7 Å². The van der Waals surface area contributed by atoms with E-state index in [1.54, 1.807) is 11.8 Å². The smallest absolute Gasteiger partial charge is 0.231 e. The maximum Gasteiger partial charge on any atom is 0.231 e. The van der Waals surface area contributed by atoms with Gasteiger partial charge in [0.25, 0.3) is 0 Å². The summed E-state index contributed by atoms with van der Waals surface area (Å²) >= 11 is 1.79. The Balaban J connectivity index is 1.99. The van der Waals surface area contributed by atoms with Gasteiger partial charge < -0.3 is 10.2 Å². The molecule has 2 aliphatic heterocycles. The molecule has 2 rings (SSSR count). The summed E-state index contributed by atoms with van der Waals surface area (Å²) in [5, 5.41) is 3.09. The zero-order valence-corrected chi connectivity index (χ0v) is 8.12. The topological polar surface area (TPSA) is 32.3 Å². The van der Waals surface area contributed by atoms with Crippen LogP contribution < -0.4 is 5.32 Å². The summed E-state index contributed by atoms with van der Waals surface area (Å²) in [6.07, 6.45) is 2.19. The fraction of sp³-hybridized carbons (Fsp3) is 0.875. The molecule has 0 atom stereocenters. The van der Waals surface area contributed by atoms with Crippen molar-refractivity contribution in [3.05, 3.63) is 0 Å². The summed E-state index contributed by atoms with van der Waals surface area (Å²) in [4.78, 5) is 13.5. The summed E-state index contributed by atoms with van der Waals surface area (Å²) in [7, 11) is 2.13. The Morgan fingerprint density at radius 1 is 1.50 bits per heavy atom. The Bertz CT molecular complexity index is 199. The van der Waals surface area contributed by atoms with Crippen LogP contribution in [-0.2, 0) is 4.79 Å². The molecule has 2 fully saturated rings. The van der Waals surface area contributed by atoms with Crippen LogP contribution in [0.2, 0.25) is 0 Å². The Morgan fingerprint density at radius 3 is 2.67 bits per heavy atom. The third-order valence-corrected chi connectivity index (χ3v) is 4.11. The molecule has 1 spiro atoms. The van der Waals surface area contributed by atoms with Gasteiger partial charge in [-0.2, -0.15) is 0 Å². The van der Waals surface area contributed by atoms with E-state index < -0.39 is 0 Å². The number of hydrogen-bond donors (Lipinski definition) is 1. The van der Waals surface area contributed by atoms with Crippen molar-refractivity contribution in [2.45, 2.75) is 17.7 Å². The average Bonchev–Trinajstić information content (AvgIpc) is 2.40. The van der Waals surface area contributed by atoms with E-state index in [0.29, 0.717) is 5.75 Å². The number of carbonyl (C=O) groups is 1. The molecule has 0 aromatic rings. The van der Waals surface area contributed by atoms with E-state index in [1.165, 1.54) is 0 Å². The first-order valence-electron chi connectivity index (χ1n) is 4.34. The molecule has 2 heterocycles. The lowest BCUT2D eigenvalue weighted by molar-refractivity contribution is -0.119. The first-order valence-corrected chi connectivity index (χ1v) is 5.32. The molecule has 0 bridgehead atoms. The molecule has 0 radical (unpaired) electrons. The van der Waals surface area contributed by atoms with Crippen LogP contribution in [0.4, 0.5) is 0 Å². The quantitative estimate of drug-likeness (QED) is 0.589. The SMILES string of the molecule is CN1CCC2(CC1)NC(=O)CS2. The Morgan fingerprint density at radius 2 is 2.17 bits per heavy atom. The van der Waals surface area contributed by atoms with E-state index in [4.69, 9.17) is 0 Å². The van der Waals surface area contributed by atoms with Gasteiger partial charge in [0.15, 0.2) is 0 Å². The van der Waals surface area contributed by atoms with E-state index in [2.05, 4.69) is 17.3 Å². The summed E-state index contributed by atoms with van der Waals surface area (Å²) in [5.41, 5.74) is 0. The third kappa shape index (κ3) is 1.45. The second-order valence-corrected chi connectivity index (χ2v) is 4.99. The fourth-order valence-electron chi connectivity index (χ4n) is 1.78. The van der Waals surface area contributed by atoms with Gasteiger partial charge in [0.1, 0.15) is 0 Å². The average molecular weight is 186 g/mol. The number of piperidine rings is 1. The third-order valence-electron chi connectivity index (χ3n) is 2.64. The molecule has 3 nitrogen and oxygen atoms in total. The largest absolute Gasteiger partial charge is 0.341 e. The summed E-state index contributed by atoms with van der Waals surface area (Å²) in [5.74, 6) is 0.869. The van der Waals surface area contributed by atoms with Gasteiger partial charge in [0, 0.05) is 13.1 Å². The monoisotopic (exact) mass is 186 g/mol. The minimum Gasteiger partial charge on any atom is -0.341 e. The molecule has 2 saturated heterocycles. The van der Waals surface area contributed by atoms with E-state index in [1.807, 2.05) is 0 Å². The van der Waals surface area contributed by atoms with Crippen LogP contribution in [-0.4, -0.2) is 41.6 Å². The van der Waals surface area contributed by atoms with Crippen molar-refractivity contribution in [3.63, 3.8) is 0 Å². The molecule has 4 heteroatoms. The molecule has 1 N–H and O–H groups in total. The standard InChI is InChI=1S/C8H14N2OS/c1-10-4-2-8(3-5-10)9-7(11)6-12-8/h2-6H2,1H3,(H,9,11). The number of hydrogen-bond acceptors (Lipinski definition) is 3. The molecule has 2 aliphatic rings. The number of nitrogens with one attached hydrogen (secondary N) is 1. The van der Waals surface area contributed by atoms with Gasteiger partial charge >= 0.3 is 0 Å². The number of carbonyl (C=O) groups excluding carboxylic acids is 1. The molecule has 0 saturated carbocycles. The normalized spacial score (nSPS) is 29.2. The van der Waals surface area contributed by atoms with Crippen molar-refractivity contribution in [1.82, 2.24) is 10.2 Å². The molecule has 12 heavy (non-hydrogen) atoms. The highest BCUT2D eigenvalue weighted by molar-refractivity contribution is 8.01. The molecule has 68 valence electrons. The maximum atomic E-state index is 11.1. The van der Waals surface area contributed by atoms with Crippen molar-refractivity contribution < 1.29 is 4.79 Å². The van der Waals surface area contributed by atoms with Crippen molar-refractivity contribution in [1.29, 1.82) is 0 Å². The van der Waals surface area contributed by atoms with E-state index in [9.17, 15) is 4.79 Å². The van der Waals surface area contributed by atoms with Crippen LogP contribution in [0.25, 0.3) is 0 Å². The van der Waals surface area contributed by atoms with Crippen LogP contribution in [0.3, 0.4) is 0 Å². The minimum atomic E-state index is 0.101. The highest BCUT2D eigenvalue weighted by atomic mass is 32.2. The lowest BCUT2D eigenvalue weighted by atomic mass is 10.1. The van der Waals surface area contributed by atoms with E-state index in [0.717, 1.165) is 25.9 Å². The van der Waals surface area contributed by atoms with Crippen LogP contribution in [0, 0.1) is 0 Å². The number of amides is 1.